The molecule has 4 saturated carbocycles. The van der Waals surface area contributed by atoms with Gasteiger partial charge >= 0.3 is 0 Å². The van der Waals surface area contributed by atoms with Crippen molar-refractivity contribution in [2.75, 3.05) is 4.90 Å². The number of benzene rings is 7. The molecule has 51 heavy (non-hydrogen) atoms. The Morgan fingerprint density at radius 2 is 0.961 bits per heavy atom. The minimum absolute atomic E-state index is 0.137. The van der Waals surface area contributed by atoms with E-state index in [1.165, 1.54) is 93.3 Å². The van der Waals surface area contributed by atoms with Gasteiger partial charge in [-0.2, -0.15) is 0 Å². The highest BCUT2D eigenvalue weighted by Gasteiger charge is 2.61. The van der Waals surface area contributed by atoms with E-state index in [0.29, 0.717) is 0 Å². The molecule has 0 heterocycles. The van der Waals surface area contributed by atoms with Crippen LogP contribution in [-0.2, 0) is 5.41 Å². The van der Waals surface area contributed by atoms with Crippen LogP contribution in [0.2, 0.25) is 0 Å². The summed E-state index contributed by atoms with van der Waals surface area (Å²) < 4.78 is 0. The Balaban J connectivity index is 1.08. The fourth-order valence-electron chi connectivity index (χ4n) is 11.4. The Morgan fingerprint density at radius 1 is 0.412 bits per heavy atom. The average Bonchev–Trinajstić information content (AvgIpc) is 3.49. The van der Waals surface area contributed by atoms with Crippen LogP contribution in [-0.4, -0.2) is 0 Å². The van der Waals surface area contributed by atoms with E-state index in [1.807, 2.05) is 0 Å². The van der Waals surface area contributed by atoms with Crippen molar-refractivity contribution in [2.45, 2.75) is 37.5 Å². The van der Waals surface area contributed by atoms with Gasteiger partial charge in [-0.15, -0.1) is 0 Å². The molecular weight excluding hydrogens is 615 g/mol. The predicted octanol–water partition coefficient (Wildman–Crippen LogP) is 13.4. The number of hydrogen-bond acceptors (Lipinski definition) is 1. The van der Waals surface area contributed by atoms with Crippen molar-refractivity contribution in [3.8, 4) is 33.4 Å². The van der Waals surface area contributed by atoms with E-state index < -0.39 is 0 Å². The van der Waals surface area contributed by atoms with E-state index >= 15 is 0 Å². The Morgan fingerprint density at radius 3 is 1.67 bits per heavy atom. The SMILES string of the molecule is c1ccc(-c2ccc(N(c3ccc(-c4ccc5ccccc5c4)cc3)c3cccc4c3-c3ccccc3C43C4CC5CC(C4)CC3C5)cc2)cc1. The van der Waals surface area contributed by atoms with Crippen LogP contribution in [0.3, 0.4) is 0 Å². The molecular formula is C50H41N. The molecule has 0 aliphatic heterocycles. The van der Waals surface area contributed by atoms with Crippen molar-refractivity contribution in [3.05, 3.63) is 175 Å². The fourth-order valence-corrected chi connectivity index (χ4v) is 11.4. The van der Waals surface area contributed by atoms with Gasteiger partial charge in [-0.1, -0.05) is 127 Å². The van der Waals surface area contributed by atoms with E-state index in [2.05, 4.69) is 169 Å². The quantitative estimate of drug-likeness (QED) is 0.178. The summed E-state index contributed by atoms with van der Waals surface area (Å²) in [5.74, 6) is 3.34. The van der Waals surface area contributed by atoms with Gasteiger partial charge in [0.05, 0.1) is 5.69 Å². The van der Waals surface area contributed by atoms with E-state index in [1.54, 1.807) is 11.1 Å². The van der Waals surface area contributed by atoms with Crippen LogP contribution < -0.4 is 4.90 Å². The molecule has 0 unspecified atom stereocenters. The summed E-state index contributed by atoms with van der Waals surface area (Å²) in [7, 11) is 0. The van der Waals surface area contributed by atoms with Crippen molar-refractivity contribution in [1.29, 1.82) is 0 Å². The van der Waals surface area contributed by atoms with Gasteiger partial charge in [0.25, 0.3) is 0 Å². The average molecular weight is 656 g/mol. The first-order valence-electron chi connectivity index (χ1n) is 19.0. The second-order valence-corrected chi connectivity index (χ2v) is 15.8. The lowest BCUT2D eigenvalue weighted by molar-refractivity contribution is -0.0399. The standard InChI is InChI=1S/C50H41N/c1-2-9-35(10-3-1)37-19-23-43(24-20-37)51(44-25-21-38(22-26-44)40-18-17-36-11-4-5-12-39(36)32-40)48-16-8-15-47-49(48)45-13-6-7-14-46(45)50(47)41-28-33-27-34(30-41)31-42(50)29-33/h1-26,32-34,41-42H,27-31H2. The summed E-state index contributed by atoms with van der Waals surface area (Å²) in [5.41, 5.74) is 14.9. The lowest BCUT2D eigenvalue weighted by Gasteiger charge is -2.61. The molecule has 0 radical (unpaired) electrons. The molecule has 1 spiro atoms. The first kappa shape index (κ1) is 29.3. The predicted molar refractivity (Wildman–Crippen MR) is 213 cm³/mol. The molecule has 5 aliphatic carbocycles. The number of rotatable bonds is 5. The molecule has 0 saturated heterocycles. The Labute approximate surface area is 301 Å². The molecule has 7 aromatic carbocycles. The van der Waals surface area contributed by atoms with Gasteiger partial charge in [-0.25, -0.2) is 0 Å². The van der Waals surface area contributed by atoms with Crippen molar-refractivity contribution in [1.82, 2.24) is 0 Å². The maximum Gasteiger partial charge on any atom is 0.0543 e. The summed E-state index contributed by atoms with van der Waals surface area (Å²) in [6.45, 7) is 0. The maximum absolute atomic E-state index is 2.53. The summed E-state index contributed by atoms with van der Waals surface area (Å²) in [4.78, 5) is 2.53. The normalized spacial score (nSPS) is 23.8. The third-order valence-electron chi connectivity index (χ3n) is 13.2. The molecule has 5 aliphatic rings. The smallest absolute Gasteiger partial charge is 0.0543 e. The largest absolute Gasteiger partial charge is 0.310 e. The lowest BCUT2D eigenvalue weighted by Crippen LogP contribution is -2.55. The molecule has 0 N–H and O–H groups in total. The molecule has 1 heteroatoms. The molecule has 4 bridgehead atoms. The van der Waals surface area contributed by atoms with Crippen molar-refractivity contribution in [2.24, 2.45) is 23.7 Å². The third-order valence-corrected chi connectivity index (χ3v) is 13.2. The van der Waals surface area contributed by atoms with Crippen molar-refractivity contribution >= 4 is 27.8 Å². The zero-order valence-corrected chi connectivity index (χ0v) is 28.9. The first-order chi connectivity index (χ1) is 25.2. The second-order valence-electron chi connectivity index (χ2n) is 15.8. The highest BCUT2D eigenvalue weighted by atomic mass is 15.1. The van der Waals surface area contributed by atoms with Gasteiger partial charge in [0.1, 0.15) is 0 Å². The Hall–Kier alpha value is -5.40. The molecule has 1 nitrogen and oxygen atoms in total. The van der Waals surface area contributed by atoms with Crippen molar-refractivity contribution < 1.29 is 0 Å². The Kier molecular flexibility index (Phi) is 6.50. The van der Waals surface area contributed by atoms with E-state index in [4.69, 9.17) is 0 Å². The number of nitrogens with zero attached hydrogens (tertiary/aromatic N) is 1. The lowest BCUT2D eigenvalue weighted by atomic mass is 9.43. The molecule has 12 rings (SSSR count). The molecule has 0 atom stereocenters. The monoisotopic (exact) mass is 655 g/mol. The minimum Gasteiger partial charge on any atom is -0.310 e. The third kappa shape index (κ3) is 4.40. The zero-order chi connectivity index (χ0) is 33.5. The number of fused-ring (bicyclic) bond motifs is 4. The molecule has 4 fully saturated rings. The minimum atomic E-state index is 0.137. The van der Waals surface area contributed by atoms with Crippen LogP contribution in [0, 0.1) is 23.7 Å². The summed E-state index contributed by atoms with van der Waals surface area (Å²) in [5, 5.41) is 2.55. The van der Waals surface area contributed by atoms with Gasteiger partial charge in [0.15, 0.2) is 0 Å². The van der Waals surface area contributed by atoms with Crippen LogP contribution in [0.5, 0.6) is 0 Å². The van der Waals surface area contributed by atoms with Gasteiger partial charge in [-0.3, -0.25) is 0 Å². The van der Waals surface area contributed by atoms with Gasteiger partial charge in [0, 0.05) is 22.4 Å². The molecule has 0 aromatic heterocycles. The van der Waals surface area contributed by atoms with E-state index in [-0.39, 0.29) is 5.41 Å². The molecule has 0 amide bonds. The van der Waals surface area contributed by atoms with Gasteiger partial charge in [0.2, 0.25) is 0 Å². The molecule has 246 valence electrons. The van der Waals surface area contributed by atoms with E-state index in [0.717, 1.165) is 23.7 Å². The second kappa shape index (κ2) is 11.3. The van der Waals surface area contributed by atoms with Crippen LogP contribution >= 0.6 is 0 Å². The van der Waals surface area contributed by atoms with Gasteiger partial charge in [-0.05, 0) is 142 Å². The Bertz CT molecular complexity index is 2390. The van der Waals surface area contributed by atoms with Crippen LogP contribution in [0.4, 0.5) is 17.1 Å². The van der Waals surface area contributed by atoms with Crippen LogP contribution in [0.15, 0.2) is 164 Å². The highest BCUT2D eigenvalue weighted by Crippen LogP contribution is 2.70. The maximum atomic E-state index is 2.53. The fraction of sp³-hybridized carbons (Fsp3) is 0.200. The topological polar surface area (TPSA) is 3.24 Å². The zero-order valence-electron chi connectivity index (χ0n) is 28.9. The number of anilines is 3. The summed E-state index contributed by atoms with van der Waals surface area (Å²) >= 11 is 0. The van der Waals surface area contributed by atoms with Gasteiger partial charge < -0.3 is 4.90 Å². The van der Waals surface area contributed by atoms with Crippen LogP contribution in [0.1, 0.15) is 43.2 Å². The summed E-state index contributed by atoms with van der Waals surface area (Å²) in [6.07, 6.45) is 7.05. The first-order valence-corrected chi connectivity index (χ1v) is 19.0. The van der Waals surface area contributed by atoms with Crippen LogP contribution in [0.25, 0.3) is 44.2 Å². The van der Waals surface area contributed by atoms with E-state index in [9.17, 15) is 0 Å². The molecule has 7 aromatic rings. The van der Waals surface area contributed by atoms with Crippen molar-refractivity contribution in [3.63, 3.8) is 0 Å². The number of hydrogen-bond donors (Lipinski definition) is 0. The highest BCUT2D eigenvalue weighted by molar-refractivity contribution is 5.96. The summed E-state index contributed by atoms with van der Waals surface area (Å²) in [6, 6.07) is 61.4.